The normalized spacial score (nSPS) is 15.2. The minimum absolute atomic E-state index is 0.115. The molecule has 0 radical (unpaired) electrons. The summed E-state index contributed by atoms with van der Waals surface area (Å²) in [4.78, 5) is 16.3. The lowest BCUT2D eigenvalue weighted by atomic mass is 9.85. The monoisotopic (exact) mass is 678 g/mol. The van der Waals surface area contributed by atoms with E-state index in [9.17, 15) is 0 Å². The third-order valence-electron chi connectivity index (χ3n) is 8.56. The van der Waals surface area contributed by atoms with Crippen LogP contribution in [0.1, 0.15) is 70.5 Å². The summed E-state index contributed by atoms with van der Waals surface area (Å²) in [5.74, 6) is 0. The molecular weight excluding hydrogens is 611 g/mol. The number of thiazole rings is 1. The van der Waals surface area contributed by atoms with E-state index in [1.165, 1.54) is 28.0 Å². The van der Waals surface area contributed by atoms with Crippen LogP contribution >= 0.6 is 11.3 Å². The Labute approximate surface area is 299 Å². The predicted molar refractivity (Wildman–Crippen MR) is 214 cm³/mol. The van der Waals surface area contributed by atoms with E-state index in [-0.39, 0.29) is 5.41 Å². The lowest BCUT2D eigenvalue weighted by Gasteiger charge is -2.42. The van der Waals surface area contributed by atoms with Gasteiger partial charge < -0.3 is 16.0 Å². The van der Waals surface area contributed by atoms with Crippen LogP contribution < -0.4 is 11.1 Å². The number of piperazine rings is 1. The molecule has 1 aliphatic heterocycles. The second-order valence-electron chi connectivity index (χ2n) is 13.0. The van der Waals surface area contributed by atoms with Gasteiger partial charge in [0.1, 0.15) is 5.01 Å². The van der Waals surface area contributed by atoms with Crippen LogP contribution in [0.2, 0.25) is 0 Å². The molecule has 8 heteroatoms. The fourth-order valence-corrected chi connectivity index (χ4v) is 5.79. The van der Waals surface area contributed by atoms with Crippen molar-refractivity contribution < 1.29 is 0 Å². The van der Waals surface area contributed by atoms with Crippen molar-refractivity contribution in [3.05, 3.63) is 87.6 Å². The molecule has 0 spiro atoms. The number of aromatic nitrogens is 1. The summed E-state index contributed by atoms with van der Waals surface area (Å²) in [6.45, 7) is 36.9. The Kier molecular flexibility index (Phi) is 23.2. The van der Waals surface area contributed by atoms with Gasteiger partial charge in [-0.15, -0.1) is 11.3 Å². The van der Waals surface area contributed by atoms with Crippen molar-refractivity contribution >= 4 is 18.1 Å². The van der Waals surface area contributed by atoms with Gasteiger partial charge in [-0.25, -0.2) is 4.98 Å². The molecule has 48 heavy (non-hydrogen) atoms. The number of rotatable bonds is 15. The fourth-order valence-electron chi connectivity index (χ4n) is 5.24. The third kappa shape index (κ3) is 17.3. The summed E-state index contributed by atoms with van der Waals surface area (Å²) in [7, 11) is 4.49. The first-order valence-corrected chi connectivity index (χ1v) is 18.1. The van der Waals surface area contributed by atoms with Crippen LogP contribution in [-0.2, 0) is 6.54 Å². The number of aryl methyl sites for hydroxylation is 2. The second-order valence-corrected chi connectivity index (χ2v) is 13.9. The Balaban J connectivity index is 0.00000143. The van der Waals surface area contributed by atoms with Crippen LogP contribution in [0.3, 0.4) is 0 Å². The molecule has 0 bridgehead atoms. The van der Waals surface area contributed by atoms with Crippen LogP contribution in [0.4, 0.5) is 0 Å². The topological polar surface area (TPSA) is 73.0 Å². The maximum Gasteiger partial charge on any atom is 0.112 e. The lowest BCUT2D eigenvalue weighted by molar-refractivity contribution is 0.0725. The highest BCUT2D eigenvalue weighted by Gasteiger charge is 2.28. The molecule has 7 nitrogen and oxygen atoms in total. The average Bonchev–Trinajstić information content (AvgIpc) is 3.56. The molecule has 0 aliphatic carbocycles. The zero-order valence-corrected chi connectivity index (χ0v) is 32.8. The molecule has 1 fully saturated rings. The summed E-state index contributed by atoms with van der Waals surface area (Å²) in [6.07, 6.45) is 8.29. The van der Waals surface area contributed by atoms with Crippen LogP contribution in [0.25, 0.3) is 0 Å². The molecule has 1 atom stereocenters. The van der Waals surface area contributed by atoms with E-state index in [0.29, 0.717) is 12.6 Å². The van der Waals surface area contributed by atoms with Gasteiger partial charge in [-0.1, -0.05) is 90.5 Å². The Hall–Kier alpha value is -3.22. The number of aliphatic imine (C=N–C) groups is 1. The summed E-state index contributed by atoms with van der Waals surface area (Å²) < 4.78 is 0. The largest absolute Gasteiger partial charge is 0.380 e. The standard InChI is InChI=1S/C28H48N6S.C8H10.C2H3N.C2H6/c1-10-11-23(4)25(16-29-7)26(31-17-27-30-12-15-35-27)20-34-14-13-33(9)24(19-34)18-32(8)21-28(5,6)22(2)3;1-7-5-3-4-6-8(7)2;1-2-3;1-2/h12,15,24,31H,2,4,7,10-11,13-14,16-21H2,1,3,5-6,8-9H3;3-6H,1-2H3;1H,3H2;1-2H3/b26-25+;;;. The predicted octanol–water partition coefficient (Wildman–Crippen LogP) is 7.56. The van der Waals surface area contributed by atoms with Gasteiger partial charge in [-0.3, -0.25) is 14.8 Å². The minimum atomic E-state index is 0.115. The number of benzene rings is 1. The number of hydrogen-bond acceptors (Lipinski definition) is 8. The van der Waals surface area contributed by atoms with Gasteiger partial charge in [0.15, 0.2) is 0 Å². The van der Waals surface area contributed by atoms with E-state index < -0.39 is 0 Å². The van der Waals surface area contributed by atoms with Crippen LogP contribution in [0.5, 0.6) is 0 Å². The smallest absolute Gasteiger partial charge is 0.112 e. The SMILES string of the molecule is C#CN.C=NC/C(C(=C)CCC)=C(/CN1CCN(C)C(CN(C)CC(C)(C)C(=C)C)C1)NCc1nccs1.CC.Cc1ccccc1C. The van der Waals surface area contributed by atoms with Crippen molar-refractivity contribution in [2.24, 2.45) is 16.1 Å². The van der Waals surface area contributed by atoms with Crippen molar-refractivity contribution in [2.75, 3.05) is 59.9 Å². The van der Waals surface area contributed by atoms with E-state index in [2.05, 4.69) is 142 Å². The molecule has 1 aliphatic rings. The summed E-state index contributed by atoms with van der Waals surface area (Å²) in [5, 5.41) is 6.82. The number of terminal acetylenes is 1. The third-order valence-corrected chi connectivity index (χ3v) is 9.34. The first kappa shape index (κ1) is 44.8. The number of hydrogen-bond donors (Lipinski definition) is 2. The molecule has 1 unspecified atom stereocenters. The van der Waals surface area contributed by atoms with Gasteiger partial charge in [0.25, 0.3) is 0 Å². The highest BCUT2D eigenvalue weighted by Crippen LogP contribution is 2.26. The first-order valence-electron chi connectivity index (χ1n) is 17.2. The number of likely N-dealkylation sites (N-methyl/N-ethyl adjacent to an activating group) is 2. The van der Waals surface area contributed by atoms with Crippen molar-refractivity contribution in [1.82, 2.24) is 25.0 Å². The second kappa shape index (κ2) is 24.9. The van der Waals surface area contributed by atoms with E-state index in [1.807, 2.05) is 25.4 Å². The maximum atomic E-state index is 4.46. The van der Waals surface area contributed by atoms with Gasteiger partial charge in [-0.2, -0.15) is 0 Å². The molecule has 0 amide bonds. The first-order chi connectivity index (χ1) is 22.8. The zero-order valence-electron chi connectivity index (χ0n) is 32.0. The van der Waals surface area contributed by atoms with Gasteiger partial charge in [0, 0.05) is 62.6 Å². The van der Waals surface area contributed by atoms with E-state index in [0.717, 1.165) is 69.2 Å². The molecule has 268 valence electrons. The summed E-state index contributed by atoms with van der Waals surface area (Å²) >= 11 is 1.68. The molecule has 0 saturated carbocycles. The number of nitrogens with zero attached hydrogens (tertiary/aromatic N) is 5. The molecule has 3 rings (SSSR count). The van der Waals surface area contributed by atoms with Gasteiger partial charge in [0.05, 0.1) is 13.1 Å². The van der Waals surface area contributed by atoms with Crippen LogP contribution in [-0.4, -0.2) is 92.4 Å². The Morgan fingerprint density at radius 2 is 1.81 bits per heavy atom. The zero-order chi connectivity index (χ0) is 36.7. The Morgan fingerprint density at radius 1 is 1.21 bits per heavy atom. The van der Waals surface area contributed by atoms with Gasteiger partial charge in [-0.05, 0) is 81.7 Å². The maximum absolute atomic E-state index is 4.46. The van der Waals surface area contributed by atoms with Gasteiger partial charge in [0.2, 0.25) is 0 Å². The molecule has 2 heterocycles. The highest BCUT2D eigenvalue weighted by atomic mass is 32.1. The molecule has 1 aromatic carbocycles. The Morgan fingerprint density at radius 3 is 2.29 bits per heavy atom. The molecule has 1 saturated heterocycles. The lowest BCUT2D eigenvalue weighted by Crippen LogP contribution is -2.56. The van der Waals surface area contributed by atoms with E-state index >= 15 is 0 Å². The van der Waals surface area contributed by atoms with E-state index in [4.69, 9.17) is 0 Å². The summed E-state index contributed by atoms with van der Waals surface area (Å²) in [6, 6.07) is 10.6. The quantitative estimate of drug-likeness (QED) is 0.0667. The van der Waals surface area contributed by atoms with Crippen molar-refractivity contribution in [2.45, 2.75) is 80.8 Å². The van der Waals surface area contributed by atoms with Gasteiger partial charge >= 0.3 is 0 Å². The Bertz CT molecular complexity index is 1250. The van der Waals surface area contributed by atoms with Crippen molar-refractivity contribution in [3.63, 3.8) is 0 Å². The number of nitrogens with one attached hydrogen (secondary N) is 1. The van der Waals surface area contributed by atoms with Crippen molar-refractivity contribution in [1.29, 1.82) is 0 Å². The minimum Gasteiger partial charge on any atom is -0.380 e. The van der Waals surface area contributed by atoms with E-state index in [1.54, 1.807) is 17.4 Å². The number of nitrogens with two attached hydrogens (primary N) is 1. The molecular formula is C40H67N7S. The average molecular weight is 678 g/mol. The fraction of sp³-hybridized carbons (Fsp3) is 0.550. The summed E-state index contributed by atoms with van der Waals surface area (Å²) in [5.41, 5.74) is 12.0. The highest BCUT2D eigenvalue weighted by molar-refractivity contribution is 7.09. The molecule has 3 N–H and O–H groups in total. The van der Waals surface area contributed by atoms with Crippen molar-refractivity contribution in [3.8, 4) is 12.5 Å². The van der Waals surface area contributed by atoms with Crippen LogP contribution in [0, 0.1) is 31.7 Å². The van der Waals surface area contributed by atoms with Crippen LogP contribution in [0.15, 0.2) is 76.4 Å². The molecule has 1 aromatic heterocycles. The molecule has 2 aromatic rings.